The normalized spacial score (nSPS) is 15.4. The lowest BCUT2D eigenvalue weighted by atomic mass is 10.1. The molecule has 170 valence electrons. The number of hydrogen-bond donors (Lipinski definition) is 2. The molecule has 1 heterocycles. The van der Waals surface area contributed by atoms with Gasteiger partial charge in [0.05, 0.1) is 35.5 Å². The highest BCUT2D eigenvalue weighted by molar-refractivity contribution is 7.93. The largest absolute Gasteiger partial charge is 0.495 e. The fraction of sp³-hybridized carbons (Fsp3) is 0.167. The summed E-state index contributed by atoms with van der Waals surface area (Å²) >= 11 is 0. The number of ether oxygens (including phenoxy) is 1. The number of rotatable bonds is 6. The topological polar surface area (TPSA) is 105 Å². The molecule has 0 spiro atoms. The Bertz CT molecular complexity index is 1310. The van der Waals surface area contributed by atoms with Crippen LogP contribution >= 0.6 is 0 Å². The van der Waals surface area contributed by atoms with Crippen LogP contribution in [0.1, 0.15) is 12.0 Å². The third-order valence-electron chi connectivity index (χ3n) is 5.32. The quantitative estimate of drug-likeness (QED) is 0.579. The summed E-state index contributed by atoms with van der Waals surface area (Å²) in [6.07, 6.45) is -0.386. The SMILES string of the molecule is COc1ccccc1NC(=O)C[C@@H]1C(=O)Nc2ccccc2N1S(=O)(=O)c1ccc(C)cc1. The van der Waals surface area contributed by atoms with E-state index in [1.54, 1.807) is 60.7 Å². The van der Waals surface area contributed by atoms with Gasteiger partial charge in [-0.05, 0) is 43.3 Å². The van der Waals surface area contributed by atoms with E-state index in [4.69, 9.17) is 4.74 Å². The Morgan fingerprint density at radius 3 is 2.42 bits per heavy atom. The van der Waals surface area contributed by atoms with Crippen LogP contribution in [0.2, 0.25) is 0 Å². The van der Waals surface area contributed by atoms with Crippen LogP contribution in [0.15, 0.2) is 77.7 Å². The van der Waals surface area contributed by atoms with Crippen LogP contribution in [0.25, 0.3) is 0 Å². The maximum absolute atomic E-state index is 13.7. The highest BCUT2D eigenvalue weighted by Crippen LogP contribution is 2.37. The van der Waals surface area contributed by atoms with E-state index in [-0.39, 0.29) is 11.3 Å². The Morgan fingerprint density at radius 1 is 1.03 bits per heavy atom. The minimum atomic E-state index is -4.14. The number of carbonyl (C=O) groups excluding carboxylic acids is 2. The smallest absolute Gasteiger partial charge is 0.265 e. The van der Waals surface area contributed by atoms with Crippen LogP contribution in [0.5, 0.6) is 5.75 Å². The predicted molar refractivity (Wildman–Crippen MR) is 126 cm³/mol. The van der Waals surface area contributed by atoms with Gasteiger partial charge in [-0.2, -0.15) is 0 Å². The lowest BCUT2D eigenvalue weighted by Gasteiger charge is -2.36. The molecule has 2 N–H and O–H groups in total. The first-order chi connectivity index (χ1) is 15.8. The van der Waals surface area contributed by atoms with Gasteiger partial charge in [0.15, 0.2) is 0 Å². The van der Waals surface area contributed by atoms with Gasteiger partial charge in [-0.3, -0.25) is 13.9 Å². The molecule has 0 unspecified atom stereocenters. The van der Waals surface area contributed by atoms with Crippen molar-refractivity contribution in [3.05, 3.63) is 78.4 Å². The van der Waals surface area contributed by atoms with Crippen molar-refractivity contribution < 1.29 is 22.7 Å². The minimum absolute atomic E-state index is 0.0349. The Balaban J connectivity index is 1.71. The number of fused-ring (bicyclic) bond motifs is 1. The lowest BCUT2D eigenvalue weighted by molar-refractivity contribution is -0.122. The second-order valence-electron chi connectivity index (χ2n) is 7.59. The molecule has 4 rings (SSSR count). The summed E-state index contributed by atoms with van der Waals surface area (Å²) in [6, 6.07) is 18.5. The first-order valence-electron chi connectivity index (χ1n) is 10.2. The maximum Gasteiger partial charge on any atom is 0.265 e. The monoisotopic (exact) mass is 465 g/mol. The number of methoxy groups -OCH3 is 1. The molecule has 1 atom stereocenters. The van der Waals surface area contributed by atoms with E-state index in [1.807, 2.05) is 6.92 Å². The number of carbonyl (C=O) groups is 2. The van der Waals surface area contributed by atoms with Crippen LogP contribution in [-0.2, 0) is 19.6 Å². The molecule has 0 fully saturated rings. The van der Waals surface area contributed by atoms with E-state index in [0.717, 1.165) is 9.87 Å². The fourth-order valence-electron chi connectivity index (χ4n) is 3.68. The zero-order chi connectivity index (χ0) is 23.6. The highest BCUT2D eigenvalue weighted by Gasteiger charge is 2.42. The summed E-state index contributed by atoms with van der Waals surface area (Å²) in [6.45, 7) is 1.85. The second kappa shape index (κ2) is 8.95. The average Bonchev–Trinajstić information content (AvgIpc) is 2.80. The summed E-state index contributed by atoms with van der Waals surface area (Å²) in [5.74, 6) is -0.656. The van der Waals surface area contributed by atoms with Crippen molar-refractivity contribution in [2.45, 2.75) is 24.3 Å². The number of benzene rings is 3. The molecule has 0 saturated heterocycles. The minimum Gasteiger partial charge on any atom is -0.495 e. The van der Waals surface area contributed by atoms with Gasteiger partial charge in [-0.15, -0.1) is 0 Å². The van der Waals surface area contributed by atoms with Gasteiger partial charge in [-0.1, -0.05) is 42.0 Å². The molecule has 8 nitrogen and oxygen atoms in total. The molecule has 0 saturated carbocycles. The van der Waals surface area contributed by atoms with Gasteiger partial charge in [0, 0.05) is 0 Å². The zero-order valence-corrected chi connectivity index (χ0v) is 18.9. The molecule has 3 aromatic rings. The number of nitrogens with zero attached hydrogens (tertiary/aromatic N) is 1. The van der Waals surface area contributed by atoms with Crippen LogP contribution in [0, 0.1) is 6.92 Å². The van der Waals surface area contributed by atoms with Crippen LogP contribution < -0.4 is 19.7 Å². The summed E-state index contributed by atoms with van der Waals surface area (Å²) in [5.41, 5.74) is 1.99. The van der Waals surface area contributed by atoms with E-state index < -0.39 is 27.9 Å². The van der Waals surface area contributed by atoms with Gasteiger partial charge in [-0.25, -0.2) is 8.42 Å². The number of aryl methyl sites for hydroxylation is 1. The van der Waals surface area contributed by atoms with Crippen molar-refractivity contribution in [3.63, 3.8) is 0 Å². The summed E-state index contributed by atoms with van der Waals surface area (Å²) in [4.78, 5) is 25.9. The van der Waals surface area contributed by atoms with E-state index >= 15 is 0 Å². The molecule has 9 heteroatoms. The average molecular weight is 466 g/mol. The Kier molecular flexibility index (Phi) is 6.06. The van der Waals surface area contributed by atoms with Gasteiger partial charge in [0.1, 0.15) is 11.8 Å². The first-order valence-corrected chi connectivity index (χ1v) is 11.7. The van der Waals surface area contributed by atoms with E-state index in [1.165, 1.54) is 19.2 Å². The summed E-state index contributed by atoms with van der Waals surface area (Å²) in [5, 5.41) is 5.42. The number of nitrogens with one attached hydrogen (secondary N) is 2. The predicted octanol–water partition coefficient (Wildman–Crippen LogP) is 3.55. The molecular weight excluding hydrogens is 442 g/mol. The number of para-hydroxylation sites is 4. The van der Waals surface area contributed by atoms with Gasteiger partial charge < -0.3 is 15.4 Å². The standard InChI is InChI=1S/C24H23N3O5S/c1-16-11-13-17(14-12-16)33(30,31)27-20-9-5-3-7-18(20)26-24(29)21(27)15-23(28)25-19-8-4-6-10-22(19)32-2/h3-14,21H,15H2,1-2H3,(H,25,28)(H,26,29)/t21-/m1/s1. The molecule has 33 heavy (non-hydrogen) atoms. The van der Waals surface area contributed by atoms with Crippen LogP contribution in [0.4, 0.5) is 17.1 Å². The fourth-order valence-corrected chi connectivity index (χ4v) is 5.31. The van der Waals surface area contributed by atoms with Crippen LogP contribution in [-0.4, -0.2) is 33.4 Å². The number of anilines is 3. The molecule has 0 radical (unpaired) electrons. The van der Waals surface area contributed by atoms with Crippen molar-refractivity contribution in [2.75, 3.05) is 22.0 Å². The first kappa shape index (κ1) is 22.3. The van der Waals surface area contributed by atoms with Gasteiger partial charge in [0.2, 0.25) is 11.8 Å². The molecule has 1 aliphatic heterocycles. The number of hydrogen-bond acceptors (Lipinski definition) is 5. The summed E-state index contributed by atoms with van der Waals surface area (Å²) in [7, 11) is -2.66. The molecule has 2 amide bonds. The van der Waals surface area contributed by atoms with Crippen molar-refractivity contribution >= 4 is 38.9 Å². The molecule has 1 aliphatic rings. The van der Waals surface area contributed by atoms with Crippen molar-refractivity contribution in [1.82, 2.24) is 0 Å². The third-order valence-corrected chi connectivity index (χ3v) is 7.16. The molecule has 3 aromatic carbocycles. The lowest BCUT2D eigenvalue weighted by Crippen LogP contribution is -2.52. The van der Waals surface area contributed by atoms with E-state index in [9.17, 15) is 18.0 Å². The van der Waals surface area contributed by atoms with Crippen molar-refractivity contribution in [3.8, 4) is 5.75 Å². The Hall–Kier alpha value is -3.85. The van der Waals surface area contributed by atoms with E-state index in [2.05, 4.69) is 10.6 Å². The summed E-state index contributed by atoms with van der Waals surface area (Å²) < 4.78 is 33.6. The maximum atomic E-state index is 13.7. The van der Waals surface area contributed by atoms with E-state index in [0.29, 0.717) is 22.8 Å². The van der Waals surface area contributed by atoms with Crippen LogP contribution in [0.3, 0.4) is 0 Å². The van der Waals surface area contributed by atoms with Crippen molar-refractivity contribution in [2.24, 2.45) is 0 Å². The number of amides is 2. The third kappa shape index (κ3) is 4.40. The number of sulfonamides is 1. The van der Waals surface area contributed by atoms with Gasteiger partial charge in [0.25, 0.3) is 10.0 Å². The Labute approximate surface area is 192 Å². The molecule has 0 bridgehead atoms. The molecular formula is C24H23N3O5S. The highest BCUT2D eigenvalue weighted by atomic mass is 32.2. The van der Waals surface area contributed by atoms with Gasteiger partial charge >= 0.3 is 0 Å². The Morgan fingerprint density at radius 2 is 1.70 bits per heavy atom. The molecule has 0 aromatic heterocycles. The molecule has 0 aliphatic carbocycles. The zero-order valence-electron chi connectivity index (χ0n) is 18.1. The second-order valence-corrected chi connectivity index (χ2v) is 9.40. The van der Waals surface area contributed by atoms with Crippen molar-refractivity contribution in [1.29, 1.82) is 0 Å².